The zero-order valence-corrected chi connectivity index (χ0v) is 15.6. The predicted octanol–water partition coefficient (Wildman–Crippen LogP) is 5.22. The van der Waals surface area contributed by atoms with Gasteiger partial charge in [-0.15, -0.1) is 0 Å². The highest BCUT2D eigenvalue weighted by molar-refractivity contribution is 6.30. The Morgan fingerprint density at radius 2 is 1.81 bits per heavy atom. The van der Waals surface area contributed by atoms with Gasteiger partial charge in [0.1, 0.15) is 5.69 Å². The molecule has 2 aliphatic rings. The van der Waals surface area contributed by atoms with Gasteiger partial charge >= 0.3 is 0 Å². The number of H-pyrrole nitrogens is 1. The van der Waals surface area contributed by atoms with Gasteiger partial charge in [0.15, 0.2) is 0 Å². The maximum absolute atomic E-state index is 13.3. The number of amides is 1. The number of carbonyl (C=O) groups excluding carboxylic acids is 1. The molecule has 1 N–H and O–H groups in total. The van der Waals surface area contributed by atoms with E-state index in [4.69, 9.17) is 11.6 Å². The largest absolute Gasteiger partial charge is 0.323 e. The molecule has 0 saturated heterocycles. The summed E-state index contributed by atoms with van der Waals surface area (Å²) in [5, 5.41) is 8.23. The highest BCUT2D eigenvalue weighted by Crippen LogP contribution is 2.46. The second-order valence-corrected chi connectivity index (χ2v) is 7.77. The van der Waals surface area contributed by atoms with E-state index in [0.717, 1.165) is 35.2 Å². The number of carbonyl (C=O) groups is 1. The van der Waals surface area contributed by atoms with Crippen molar-refractivity contribution in [3.8, 4) is 11.3 Å². The van der Waals surface area contributed by atoms with E-state index in [9.17, 15) is 4.79 Å². The van der Waals surface area contributed by atoms with Crippen molar-refractivity contribution in [2.75, 3.05) is 0 Å². The normalized spacial score (nSPS) is 19.7. The van der Waals surface area contributed by atoms with Gasteiger partial charge in [-0.25, -0.2) is 0 Å². The van der Waals surface area contributed by atoms with E-state index in [1.54, 1.807) is 0 Å². The Hall–Kier alpha value is -2.59. The molecular weight excluding hydrogens is 358 g/mol. The van der Waals surface area contributed by atoms with Crippen LogP contribution in [0.2, 0.25) is 5.02 Å². The maximum atomic E-state index is 13.3. The number of benzene rings is 2. The van der Waals surface area contributed by atoms with Gasteiger partial charge in [0.25, 0.3) is 5.91 Å². The number of nitrogens with zero attached hydrogens (tertiary/aromatic N) is 2. The second-order valence-electron chi connectivity index (χ2n) is 7.34. The minimum atomic E-state index is -0.150. The fraction of sp³-hybridized carbons (Fsp3) is 0.273. The maximum Gasteiger partial charge on any atom is 0.273 e. The highest BCUT2D eigenvalue weighted by Gasteiger charge is 2.45. The fourth-order valence-electron chi connectivity index (χ4n) is 4.54. The van der Waals surface area contributed by atoms with Crippen molar-refractivity contribution in [1.29, 1.82) is 0 Å². The van der Waals surface area contributed by atoms with E-state index < -0.39 is 0 Å². The number of nitrogens with one attached hydrogen (secondary N) is 1. The molecule has 1 aliphatic heterocycles. The number of halogens is 1. The summed E-state index contributed by atoms with van der Waals surface area (Å²) in [5.74, 6) is 0.0524. The van der Waals surface area contributed by atoms with Crippen molar-refractivity contribution in [2.45, 2.75) is 37.8 Å². The summed E-state index contributed by atoms with van der Waals surface area (Å²) in [7, 11) is 0. The summed E-state index contributed by atoms with van der Waals surface area (Å²) < 4.78 is 0. The lowest BCUT2D eigenvalue weighted by Crippen LogP contribution is -2.37. The van der Waals surface area contributed by atoms with E-state index in [2.05, 4.69) is 21.2 Å². The molecule has 1 atom stereocenters. The molecule has 0 bridgehead atoms. The number of hydrogen-bond acceptors (Lipinski definition) is 2. The Morgan fingerprint density at radius 3 is 2.56 bits per heavy atom. The third-order valence-corrected chi connectivity index (χ3v) is 5.97. The Bertz CT molecular complexity index is 992. The van der Waals surface area contributed by atoms with Crippen LogP contribution in [0.1, 0.15) is 53.3 Å². The topological polar surface area (TPSA) is 49.0 Å². The number of hydrogen-bond donors (Lipinski definition) is 1. The molecule has 27 heavy (non-hydrogen) atoms. The minimum Gasteiger partial charge on any atom is -0.323 e. The Balaban J connectivity index is 1.70. The van der Waals surface area contributed by atoms with Crippen molar-refractivity contribution in [1.82, 2.24) is 15.1 Å². The molecule has 1 aliphatic carbocycles. The van der Waals surface area contributed by atoms with Gasteiger partial charge in [-0.3, -0.25) is 9.89 Å². The number of rotatable bonds is 3. The number of fused-ring (bicyclic) bond motifs is 1. The van der Waals surface area contributed by atoms with E-state index in [1.165, 1.54) is 12.8 Å². The fourth-order valence-corrected chi connectivity index (χ4v) is 4.74. The van der Waals surface area contributed by atoms with Crippen LogP contribution in [0.4, 0.5) is 0 Å². The summed E-state index contributed by atoms with van der Waals surface area (Å²) in [6.07, 6.45) is 4.46. The standard InChI is InChI=1S/C22H20ClN3O/c23-16-10-6-9-15(13-16)21-18-19(14-7-2-1-3-8-14)24-25-20(18)22(27)26(21)17-11-4-5-12-17/h1-3,6-10,13,17,21H,4-5,11-12H2,(H,24,25). The van der Waals surface area contributed by atoms with Gasteiger partial charge in [-0.1, -0.05) is 66.9 Å². The molecule has 1 aromatic heterocycles. The van der Waals surface area contributed by atoms with Gasteiger partial charge in [0.05, 0.1) is 11.7 Å². The third-order valence-electron chi connectivity index (χ3n) is 5.73. The van der Waals surface area contributed by atoms with Crippen LogP contribution < -0.4 is 0 Å². The minimum absolute atomic E-state index is 0.0524. The monoisotopic (exact) mass is 377 g/mol. The van der Waals surface area contributed by atoms with Crippen LogP contribution in [-0.4, -0.2) is 27.0 Å². The molecule has 1 amide bonds. The Morgan fingerprint density at radius 1 is 1.04 bits per heavy atom. The van der Waals surface area contributed by atoms with Crippen molar-refractivity contribution in [3.63, 3.8) is 0 Å². The first-order chi connectivity index (χ1) is 13.2. The first-order valence-corrected chi connectivity index (χ1v) is 9.83. The summed E-state index contributed by atoms with van der Waals surface area (Å²) in [4.78, 5) is 15.4. The van der Waals surface area contributed by atoms with Crippen molar-refractivity contribution in [2.24, 2.45) is 0 Å². The quantitative estimate of drug-likeness (QED) is 0.680. The molecule has 5 heteroatoms. The Kier molecular flexibility index (Phi) is 4.01. The molecule has 0 spiro atoms. The van der Waals surface area contributed by atoms with Gasteiger partial charge in [0.2, 0.25) is 0 Å². The molecular formula is C22H20ClN3O. The Labute approximate surface area is 163 Å². The van der Waals surface area contributed by atoms with Gasteiger partial charge in [0, 0.05) is 22.2 Å². The summed E-state index contributed by atoms with van der Waals surface area (Å²) in [5.41, 5.74) is 4.50. The number of aromatic amines is 1. The lowest BCUT2D eigenvalue weighted by molar-refractivity contribution is 0.0660. The lowest BCUT2D eigenvalue weighted by atomic mass is 9.95. The zero-order valence-electron chi connectivity index (χ0n) is 14.9. The summed E-state index contributed by atoms with van der Waals surface area (Å²) in [6.45, 7) is 0. The second kappa shape index (κ2) is 6.54. The van der Waals surface area contributed by atoms with Crippen LogP contribution in [-0.2, 0) is 0 Å². The molecule has 2 aromatic carbocycles. The van der Waals surface area contributed by atoms with Crippen LogP contribution in [0.25, 0.3) is 11.3 Å². The molecule has 4 nitrogen and oxygen atoms in total. The number of aromatic nitrogens is 2. The van der Waals surface area contributed by atoms with Gasteiger partial charge < -0.3 is 4.90 Å². The smallest absolute Gasteiger partial charge is 0.273 e. The molecule has 3 aromatic rings. The van der Waals surface area contributed by atoms with Crippen LogP contribution in [0, 0.1) is 0 Å². The van der Waals surface area contributed by atoms with Gasteiger partial charge in [-0.05, 0) is 30.5 Å². The van der Waals surface area contributed by atoms with Gasteiger partial charge in [-0.2, -0.15) is 5.10 Å². The van der Waals surface area contributed by atoms with Crippen molar-refractivity contribution in [3.05, 3.63) is 76.4 Å². The lowest BCUT2D eigenvalue weighted by Gasteiger charge is -2.32. The van der Waals surface area contributed by atoms with Crippen molar-refractivity contribution < 1.29 is 4.79 Å². The molecule has 1 saturated carbocycles. The van der Waals surface area contributed by atoms with E-state index in [-0.39, 0.29) is 18.0 Å². The van der Waals surface area contributed by atoms with E-state index in [1.807, 2.05) is 48.5 Å². The average Bonchev–Trinajstić information content (AvgIpc) is 3.40. The van der Waals surface area contributed by atoms with Crippen LogP contribution in [0.5, 0.6) is 0 Å². The zero-order chi connectivity index (χ0) is 18.4. The molecule has 2 heterocycles. The molecule has 5 rings (SSSR count). The first kappa shape index (κ1) is 16.6. The van der Waals surface area contributed by atoms with Crippen LogP contribution in [0.15, 0.2) is 54.6 Å². The molecule has 1 fully saturated rings. The average molecular weight is 378 g/mol. The molecule has 0 radical (unpaired) electrons. The SMILES string of the molecule is O=C1c2[nH]nc(-c3ccccc3)c2C(c2cccc(Cl)c2)N1C1CCCC1. The van der Waals surface area contributed by atoms with E-state index >= 15 is 0 Å². The third kappa shape index (κ3) is 2.67. The highest BCUT2D eigenvalue weighted by atomic mass is 35.5. The summed E-state index contributed by atoms with van der Waals surface area (Å²) >= 11 is 6.30. The predicted molar refractivity (Wildman–Crippen MR) is 106 cm³/mol. The van der Waals surface area contributed by atoms with Crippen LogP contribution in [0.3, 0.4) is 0 Å². The molecule has 136 valence electrons. The van der Waals surface area contributed by atoms with E-state index in [0.29, 0.717) is 10.7 Å². The van der Waals surface area contributed by atoms with Crippen molar-refractivity contribution >= 4 is 17.5 Å². The van der Waals surface area contributed by atoms with Crippen LogP contribution >= 0.6 is 11.6 Å². The molecule has 1 unspecified atom stereocenters. The first-order valence-electron chi connectivity index (χ1n) is 9.46. The summed E-state index contributed by atoms with van der Waals surface area (Å²) in [6, 6.07) is 18.0.